The molecular formula is C17H19ClN2O. The molecule has 0 aliphatic heterocycles. The van der Waals surface area contributed by atoms with Crippen molar-refractivity contribution in [2.75, 3.05) is 0 Å². The van der Waals surface area contributed by atoms with Gasteiger partial charge in [0, 0.05) is 17.5 Å². The Bertz CT molecular complexity index is 636. The Labute approximate surface area is 130 Å². The van der Waals surface area contributed by atoms with Gasteiger partial charge in [-0.2, -0.15) is 0 Å². The van der Waals surface area contributed by atoms with Crippen LogP contribution in [0.5, 0.6) is 5.75 Å². The average Bonchev–Trinajstić information content (AvgIpc) is 3.28. The van der Waals surface area contributed by atoms with Gasteiger partial charge in [0.2, 0.25) is 0 Å². The monoisotopic (exact) mass is 302 g/mol. The third kappa shape index (κ3) is 3.35. The quantitative estimate of drug-likeness (QED) is 0.757. The molecule has 1 fully saturated rings. The molecule has 1 heterocycles. The summed E-state index contributed by atoms with van der Waals surface area (Å²) in [6.07, 6.45) is 4.61. The predicted molar refractivity (Wildman–Crippen MR) is 84.9 cm³/mol. The molecule has 1 saturated carbocycles. The Morgan fingerprint density at radius 1 is 1.19 bits per heavy atom. The van der Waals surface area contributed by atoms with E-state index in [1.54, 1.807) is 0 Å². The third-order valence-electron chi connectivity index (χ3n) is 3.56. The van der Waals surface area contributed by atoms with E-state index in [0.29, 0.717) is 11.3 Å². The van der Waals surface area contributed by atoms with Crippen molar-refractivity contribution < 1.29 is 4.74 Å². The minimum absolute atomic E-state index is 0.419. The minimum atomic E-state index is 0.419. The molecule has 0 N–H and O–H groups in total. The number of halogens is 1. The maximum atomic E-state index is 6.24. The molecule has 110 valence electrons. The fourth-order valence-corrected chi connectivity index (χ4v) is 2.41. The molecule has 0 radical (unpaired) electrons. The summed E-state index contributed by atoms with van der Waals surface area (Å²) in [6.45, 7) is 4.07. The van der Waals surface area contributed by atoms with Crippen molar-refractivity contribution in [3.8, 4) is 17.0 Å². The third-order valence-corrected chi connectivity index (χ3v) is 3.93. The topological polar surface area (TPSA) is 35.0 Å². The van der Waals surface area contributed by atoms with Crippen LogP contribution in [0.3, 0.4) is 0 Å². The van der Waals surface area contributed by atoms with Crippen LogP contribution >= 0.6 is 11.6 Å². The fourth-order valence-electron chi connectivity index (χ4n) is 2.22. The van der Waals surface area contributed by atoms with Crippen LogP contribution in [0.15, 0.2) is 24.3 Å². The molecule has 1 aromatic carbocycles. The largest absolute Gasteiger partial charge is 0.490 e. The summed E-state index contributed by atoms with van der Waals surface area (Å²) in [4.78, 5) is 9.00. The van der Waals surface area contributed by atoms with Gasteiger partial charge in [0.1, 0.15) is 16.7 Å². The first-order valence-corrected chi connectivity index (χ1v) is 7.85. The molecule has 3 rings (SSSR count). The number of aromatic nitrogens is 2. The van der Waals surface area contributed by atoms with E-state index in [9.17, 15) is 0 Å². The van der Waals surface area contributed by atoms with Crippen LogP contribution in [0, 0.1) is 6.92 Å². The number of hydrogen-bond donors (Lipinski definition) is 0. The molecule has 0 amide bonds. The van der Waals surface area contributed by atoms with E-state index in [2.05, 4.69) is 16.9 Å². The Balaban J connectivity index is 1.90. The van der Waals surface area contributed by atoms with Gasteiger partial charge in [0.05, 0.1) is 11.8 Å². The van der Waals surface area contributed by atoms with Crippen LogP contribution in [-0.2, 0) is 6.42 Å². The highest BCUT2D eigenvalue weighted by molar-refractivity contribution is 6.30. The summed E-state index contributed by atoms with van der Waals surface area (Å²) in [5, 5.41) is 0.543. The van der Waals surface area contributed by atoms with E-state index in [1.807, 2.05) is 31.2 Å². The van der Waals surface area contributed by atoms with Gasteiger partial charge >= 0.3 is 0 Å². The van der Waals surface area contributed by atoms with Crippen LogP contribution in [0.25, 0.3) is 11.3 Å². The molecule has 2 aromatic rings. The van der Waals surface area contributed by atoms with E-state index in [-0.39, 0.29) is 0 Å². The summed E-state index contributed by atoms with van der Waals surface area (Å²) in [7, 11) is 0. The van der Waals surface area contributed by atoms with Crippen LogP contribution in [0.4, 0.5) is 0 Å². The maximum absolute atomic E-state index is 6.24. The van der Waals surface area contributed by atoms with Gasteiger partial charge in [0.25, 0.3) is 0 Å². The van der Waals surface area contributed by atoms with Crippen molar-refractivity contribution in [1.29, 1.82) is 0 Å². The van der Waals surface area contributed by atoms with Crippen LogP contribution in [0.1, 0.15) is 37.6 Å². The number of ether oxygens (including phenoxy) is 1. The molecule has 0 unspecified atom stereocenters. The highest BCUT2D eigenvalue weighted by Crippen LogP contribution is 2.30. The zero-order chi connectivity index (χ0) is 14.8. The SMILES string of the molecule is CCCc1nc(Cl)c(C)c(-c2ccc(OC3CC3)cc2)n1. The molecule has 0 bridgehead atoms. The molecule has 3 nitrogen and oxygen atoms in total. The lowest BCUT2D eigenvalue weighted by Crippen LogP contribution is -2.01. The van der Waals surface area contributed by atoms with Crippen molar-refractivity contribution in [3.63, 3.8) is 0 Å². The molecule has 0 atom stereocenters. The van der Waals surface area contributed by atoms with Gasteiger partial charge in [-0.3, -0.25) is 0 Å². The van der Waals surface area contributed by atoms with Gasteiger partial charge in [-0.15, -0.1) is 0 Å². The summed E-state index contributed by atoms with van der Waals surface area (Å²) in [5.74, 6) is 1.73. The van der Waals surface area contributed by atoms with Gasteiger partial charge in [0.15, 0.2) is 0 Å². The summed E-state index contributed by atoms with van der Waals surface area (Å²) < 4.78 is 5.77. The predicted octanol–water partition coefficient (Wildman–Crippen LogP) is 4.60. The van der Waals surface area contributed by atoms with Gasteiger partial charge < -0.3 is 4.74 Å². The fraction of sp³-hybridized carbons (Fsp3) is 0.412. The Morgan fingerprint density at radius 3 is 2.52 bits per heavy atom. The normalized spacial score (nSPS) is 14.2. The van der Waals surface area contributed by atoms with E-state index < -0.39 is 0 Å². The highest BCUT2D eigenvalue weighted by atomic mass is 35.5. The lowest BCUT2D eigenvalue weighted by molar-refractivity contribution is 0.303. The Kier molecular flexibility index (Phi) is 4.11. The van der Waals surface area contributed by atoms with E-state index >= 15 is 0 Å². The molecule has 1 aliphatic rings. The van der Waals surface area contributed by atoms with Crippen LogP contribution in [-0.4, -0.2) is 16.1 Å². The van der Waals surface area contributed by atoms with E-state index in [4.69, 9.17) is 16.3 Å². The second kappa shape index (κ2) is 6.02. The summed E-state index contributed by atoms with van der Waals surface area (Å²) >= 11 is 6.24. The van der Waals surface area contributed by atoms with Crippen molar-refractivity contribution in [2.24, 2.45) is 0 Å². The van der Waals surface area contributed by atoms with Crippen molar-refractivity contribution in [2.45, 2.75) is 45.6 Å². The van der Waals surface area contributed by atoms with Crippen molar-refractivity contribution >= 4 is 11.6 Å². The molecule has 1 aliphatic carbocycles. The smallest absolute Gasteiger partial charge is 0.136 e. The number of rotatable bonds is 5. The minimum Gasteiger partial charge on any atom is -0.490 e. The zero-order valence-electron chi connectivity index (χ0n) is 12.4. The number of benzene rings is 1. The first-order chi connectivity index (χ1) is 10.2. The van der Waals surface area contributed by atoms with Crippen molar-refractivity contribution in [1.82, 2.24) is 9.97 Å². The Hall–Kier alpha value is -1.61. The van der Waals surface area contributed by atoms with E-state index in [1.165, 1.54) is 12.8 Å². The lowest BCUT2D eigenvalue weighted by Gasteiger charge is -2.10. The van der Waals surface area contributed by atoms with E-state index in [0.717, 1.165) is 41.2 Å². The standard InChI is InChI=1S/C17H19ClN2O/c1-3-4-15-19-16(11(2)17(18)20-15)12-5-7-13(8-6-12)21-14-9-10-14/h5-8,14H,3-4,9-10H2,1-2H3. The molecule has 21 heavy (non-hydrogen) atoms. The molecule has 0 spiro atoms. The molecule has 1 aromatic heterocycles. The van der Waals surface area contributed by atoms with Gasteiger partial charge in [-0.05, 0) is 50.5 Å². The molecule has 4 heteroatoms. The summed E-state index contributed by atoms with van der Waals surface area (Å²) in [5.41, 5.74) is 2.89. The zero-order valence-corrected chi connectivity index (χ0v) is 13.2. The van der Waals surface area contributed by atoms with Crippen molar-refractivity contribution in [3.05, 3.63) is 40.8 Å². The number of nitrogens with zero attached hydrogens (tertiary/aromatic N) is 2. The van der Waals surface area contributed by atoms with Gasteiger partial charge in [-0.25, -0.2) is 9.97 Å². The van der Waals surface area contributed by atoms with Gasteiger partial charge in [-0.1, -0.05) is 18.5 Å². The molecule has 0 saturated heterocycles. The lowest BCUT2D eigenvalue weighted by atomic mass is 10.1. The second-order valence-electron chi connectivity index (χ2n) is 5.50. The van der Waals surface area contributed by atoms with Crippen LogP contribution < -0.4 is 4.74 Å². The Morgan fingerprint density at radius 2 is 1.90 bits per heavy atom. The highest BCUT2D eigenvalue weighted by Gasteiger charge is 2.23. The second-order valence-corrected chi connectivity index (χ2v) is 5.85. The first kappa shape index (κ1) is 14.3. The molecular weight excluding hydrogens is 284 g/mol. The van der Waals surface area contributed by atoms with Crippen LogP contribution in [0.2, 0.25) is 5.15 Å². The number of aryl methyl sites for hydroxylation is 1. The first-order valence-electron chi connectivity index (χ1n) is 7.47. The number of hydrogen-bond acceptors (Lipinski definition) is 3. The average molecular weight is 303 g/mol. The summed E-state index contributed by atoms with van der Waals surface area (Å²) in [6, 6.07) is 8.09. The maximum Gasteiger partial charge on any atom is 0.136 e.